The van der Waals surface area contributed by atoms with Crippen molar-refractivity contribution in [2.24, 2.45) is 5.92 Å². The minimum absolute atomic E-state index is 0.0495. The zero-order chi connectivity index (χ0) is 17.4. The monoisotopic (exact) mass is 337 g/mol. The molecule has 4 rings (SSSR count). The van der Waals surface area contributed by atoms with Crippen molar-refractivity contribution in [2.75, 3.05) is 0 Å². The summed E-state index contributed by atoms with van der Waals surface area (Å²) in [7, 11) is 0. The van der Waals surface area contributed by atoms with E-state index in [0.29, 0.717) is 23.3 Å². The van der Waals surface area contributed by atoms with E-state index in [1.54, 1.807) is 6.07 Å². The summed E-state index contributed by atoms with van der Waals surface area (Å²) in [6.07, 6.45) is 5.84. The van der Waals surface area contributed by atoms with Gasteiger partial charge in [0.05, 0.1) is 5.69 Å². The smallest absolute Gasteiger partial charge is 0.274 e. The number of amides is 1. The normalized spacial score (nSPS) is 25.6. The van der Waals surface area contributed by atoms with E-state index < -0.39 is 0 Å². The molecular weight excluding hydrogens is 314 g/mol. The van der Waals surface area contributed by atoms with E-state index in [2.05, 4.69) is 12.0 Å². The Hall–Kier alpha value is -2.43. The molecule has 130 valence electrons. The van der Waals surface area contributed by atoms with Crippen LogP contribution < -0.4 is 5.56 Å². The van der Waals surface area contributed by atoms with Crippen molar-refractivity contribution in [1.82, 2.24) is 14.7 Å². The van der Waals surface area contributed by atoms with Gasteiger partial charge < -0.3 is 4.90 Å². The Morgan fingerprint density at radius 1 is 1.08 bits per heavy atom. The fraction of sp³-hybridized carbons (Fsp3) is 0.450. The summed E-state index contributed by atoms with van der Waals surface area (Å²) < 4.78 is 1.31. The number of fused-ring (bicyclic) bond motifs is 1. The highest BCUT2D eigenvalue weighted by molar-refractivity contribution is 5.92. The van der Waals surface area contributed by atoms with Gasteiger partial charge in [0, 0.05) is 18.2 Å². The molecule has 1 aliphatic carbocycles. The molecule has 25 heavy (non-hydrogen) atoms. The van der Waals surface area contributed by atoms with Gasteiger partial charge in [0.25, 0.3) is 11.5 Å². The molecule has 0 radical (unpaired) electrons. The van der Waals surface area contributed by atoms with Crippen molar-refractivity contribution in [1.29, 1.82) is 0 Å². The zero-order valence-corrected chi connectivity index (χ0v) is 14.5. The Labute approximate surface area is 147 Å². The Morgan fingerprint density at radius 2 is 1.84 bits per heavy atom. The molecule has 2 heterocycles. The molecule has 5 heteroatoms. The number of hydrogen-bond acceptors (Lipinski definition) is 3. The Balaban J connectivity index is 1.68. The summed E-state index contributed by atoms with van der Waals surface area (Å²) in [6, 6.07) is 12.8. The zero-order valence-electron chi connectivity index (χ0n) is 14.5. The first-order valence-electron chi connectivity index (χ1n) is 9.13. The van der Waals surface area contributed by atoms with Crippen LogP contribution >= 0.6 is 0 Å². The van der Waals surface area contributed by atoms with Crippen LogP contribution in [0.25, 0.3) is 5.69 Å². The molecule has 1 aromatic carbocycles. The number of nitrogens with zero attached hydrogens (tertiary/aromatic N) is 3. The number of hydrogen-bond donors (Lipinski definition) is 0. The Morgan fingerprint density at radius 3 is 2.64 bits per heavy atom. The molecule has 1 saturated heterocycles. The van der Waals surface area contributed by atoms with Crippen molar-refractivity contribution in [3.63, 3.8) is 0 Å². The summed E-state index contributed by atoms with van der Waals surface area (Å²) in [5.74, 6) is 0.569. The highest BCUT2D eigenvalue weighted by atomic mass is 16.2. The molecule has 1 saturated carbocycles. The number of rotatable bonds is 2. The Kier molecular flexibility index (Phi) is 4.15. The van der Waals surface area contributed by atoms with Gasteiger partial charge in [-0.15, -0.1) is 0 Å². The van der Waals surface area contributed by atoms with Crippen molar-refractivity contribution < 1.29 is 4.79 Å². The maximum absolute atomic E-state index is 13.2. The first-order valence-corrected chi connectivity index (χ1v) is 9.13. The van der Waals surface area contributed by atoms with Crippen LogP contribution in [0.1, 0.15) is 49.5 Å². The largest absolute Gasteiger partial charge is 0.331 e. The molecule has 0 unspecified atom stereocenters. The molecule has 0 N–H and O–H groups in total. The van der Waals surface area contributed by atoms with Gasteiger partial charge in [0.1, 0.15) is 5.69 Å². The molecule has 2 fully saturated rings. The van der Waals surface area contributed by atoms with Crippen LogP contribution in [0.15, 0.2) is 47.3 Å². The van der Waals surface area contributed by atoms with Crippen LogP contribution in [-0.4, -0.2) is 32.7 Å². The molecule has 5 nitrogen and oxygen atoms in total. The second kappa shape index (κ2) is 6.47. The average Bonchev–Trinajstić information content (AvgIpc) is 2.98. The van der Waals surface area contributed by atoms with E-state index >= 15 is 0 Å². The van der Waals surface area contributed by atoms with Gasteiger partial charge in [-0.2, -0.15) is 9.78 Å². The van der Waals surface area contributed by atoms with E-state index in [9.17, 15) is 9.59 Å². The van der Waals surface area contributed by atoms with Crippen LogP contribution in [-0.2, 0) is 0 Å². The lowest BCUT2D eigenvalue weighted by Crippen LogP contribution is -2.43. The van der Waals surface area contributed by atoms with Crippen molar-refractivity contribution in [3.05, 3.63) is 58.5 Å². The van der Waals surface area contributed by atoms with Crippen molar-refractivity contribution >= 4 is 5.91 Å². The maximum Gasteiger partial charge on any atom is 0.274 e. The first kappa shape index (κ1) is 16.1. The number of para-hydroxylation sites is 1. The second-order valence-corrected chi connectivity index (χ2v) is 7.21. The SMILES string of the molecule is C[C@@H]1C[C@H]2CCCC[C@H]2N1C(=O)c1ccc(=O)n(-c2ccccc2)n1. The average molecular weight is 337 g/mol. The lowest BCUT2D eigenvalue weighted by Gasteiger charge is -2.33. The van der Waals surface area contributed by atoms with E-state index in [1.165, 1.54) is 30.0 Å². The molecule has 2 aromatic rings. The van der Waals surface area contributed by atoms with Crippen LogP contribution in [0, 0.1) is 5.92 Å². The molecule has 2 aliphatic rings. The van der Waals surface area contributed by atoms with Gasteiger partial charge in [-0.3, -0.25) is 9.59 Å². The molecule has 0 bridgehead atoms. The summed E-state index contributed by atoms with van der Waals surface area (Å²) in [4.78, 5) is 27.4. The minimum Gasteiger partial charge on any atom is -0.331 e. The van der Waals surface area contributed by atoms with Crippen LogP contribution in [0.4, 0.5) is 0 Å². The Bertz CT molecular complexity index is 830. The quantitative estimate of drug-likeness (QED) is 0.846. The first-order chi connectivity index (χ1) is 12.1. The molecular formula is C20H23N3O2. The molecule has 1 aliphatic heterocycles. The topological polar surface area (TPSA) is 55.2 Å². The third-order valence-electron chi connectivity index (χ3n) is 5.60. The van der Waals surface area contributed by atoms with Gasteiger partial charge in [0.15, 0.2) is 0 Å². The lowest BCUT2D eigenvalue weighted by atomic mass is 9.85. The van der Waals surface area contributed by atoms with Crippen molar-refractivity contribution in [2.45, 2.75) is 51.1 Å². The predicted molar refractivity (Wildman–Crippen MR) is 95.8 cm³/mol. The summed E-state index contributed by atoms with van der Waals surface area (Å²) in [5.41, 5.74) is 0.793. The lowest BCUT2D eigenvalue weighted by molar-refractivity contribution is 0.0625. The predicted octanol–water partition coefficient (Wildman–Crippen LogP) is 3.03. The molecule has 1 aromatic heterocycles. The summed E-state index contributed by atoms with van der Waals surface area (Å²) >= 11 is 0. The van der Waals surface area contributed by atoms with Crippen LogP contribution in [0.2, 0.25) is 0 Å². The second-order valence-electron chi connectivity index (χ2n) is 7.21. The maximum atomic E-state index is 13.2. The van der Waals surface area contributed by atoms with E-state index in [-0.39, 0.29) is 17.5 Å². The van der Waals surface area contributed by atoms with Crippen LogP contribution in [0.3, 0.4) is 0 Å². The van der Waals surface area contributed by atoms with Gasteiger partial charge in [0.2, 0.25) is 0 Å². The highest BCUT2D eigenvalue weighted by Crippen LogP contribution is 2.40. The summed E-state index contributed by atoms with van der Waals surface area (Å²) in [5, 5.41) is 4.37. The van der Waals surface area contributed by atoms with Gasteiger partial charge in [-0.05, 0) is 50.3 Å². The van der Waals surface area contributed by atoms with Crippen molar-refractivity contribution in [3.8, 4) is 5.69 Å². The molecule has 1 amide bonds. The third kappa shape index (κ3) is 2.88. The number of carbonyl (C=O) groups is 1. The van der Waals surface area contributed by atoms with E-state index in [1.807, 2.05) is 35.2 Å². The van der Waals surface area contributed by atoms with E-state index in [0.717, 1.165) is 12.8 Å². The molecule has 0 spiro atoms. The van der Waals surface area contributed by atoms with Gasteiger partial charge in [-0.1, -0.05) is 31.0 Å². The highest BCUT2D eigenvalue weighted by Gasteiger charge is 2.43. The van der Waals surface area contributed by atoms with Gasteiger partial charge >= 0.3 is 0 Å². The number of aromatic nitrogens is 2. The number of carbonyl (C=O) groups excluding carboxylic acids is 1. The minimum atomic E-state index is -0.229. The number of likely N-dealkylation sites (tertiary alicyclic amines) is 1. The molecule has 3 atom stereocenters. The van der Waals surface area contributed by atoms with Gasteiger partial charge in [-0.25, -0.2) is 0 Å². The van der Waals surface area contributed by atoms with Crippen LogP contribution in [0.5, 0.6) is 0 Å². The number of benzene rings is 1. The summed E-state index contributed by atoms with van der Waals surface area (Å²) in [6.45, 7) is 2.13. The van der Waals surface area contributed by atoms with E-state index in [4.69, 9.17) is 0 Å². The standard InChI is InChI=1S/C20H23N3O2/c1-14-13-15-7-5-6-10-18(15)22(14)20(25)17-11-12-19(24)23(21-17)16-8-3-2-4-9-16/h2-4,8-9,11-12,14-15,18H,5-7,10,13H2,1H3/t14-,15-,18-/m1/s1. The fourth-order valence-corrected chi connectivity index (χ4v) is 4.47. The third-order valence-corrected chi connectivity index (χ3v) is 5.60. The fourth-order valence-electron chi connectivity index (χ4n) is 4.47.